The first-order valence-electron chi connectivity index (χ1n) is 8.03. The smallest absolute Gasteiger partial charge is 0.341 e. The molecule has 8 heteroatoms. The summed E-state index contributed by atoms with van der Waals surface area (Å²) in [6.45, 7) is 1.96. The normalized spacial score (nSPS) is 14.0. The third-order valence-corrected chi connectivity index (χ3v) is 7.19. The van der Waals surface area contributed by atoms with Crippen molar-refractivity contribution in [2.75, 3.05) is 11.3 Å². The van der Waals surface area contributed by atoms with Crippen molar-refractivity contribution >= 4 is 43.9 Å². The van der Waals surface area contributed by atoms with Crippen LogP contribution in [0.15, 0.2) is 29.2 Å². The Labute approximate surface area is 156 Å². The number of anilines is 1. The van der Waals surface area contributed by atoms with Crippen LogP contribution in [-0.4, -0.2) is 21.0 Å². The van der Waals surface area contributed by atoms with E-state index >= 15 is 0 Å². The molecule has 0 fully saturated rings. The van der Waals surface area contributed by atoms with Crippen molar-refractivity contribution in [3.05, 3.63) is 45.3 Å². The maximum absolute atomic E-state index is 12.7. The van der Waals surface area contributed by atoms with Gasteiger partial charge in [-0.05, 0) is 50.3 Å². The van der Waals surface area contributed by atoms with E-state index in [4.69, 9.17) is 16.3 Å². The molecular weight excluding hydrogens is 382 g/mol. The lowest BCUT2D eigenvalue weighted by Crippen LogP contribution is -2.16. The number of benzene rings is 1. The van der Waals surface area contributed by atoms with Gasteiger partial charge in [0.15, 0.2) is 0 Å². The maximum atomic E-state index is 12.7. The minimum Gasteiger partial charge on any atom is -0.462 e. The number of thiophene rings is 1. The van der Waals surface area contributed by atoms with E-state index in [2.05, 4.69) is 4.72 Å². The Morgan fingerprint density at radius 1 is 1.28 bits per heavy atom. The number of nitrogens with one attached hydrogen (secondary N) is 1. The Balaban J connectivity index is 2.04. The molecule has 1 N–H and O–H groups in total. The number of esters is 1. The van der Waals surface area contributed by atoms with Crippen LogP contribution in [0, 0.1) is 0 Å². The fourth-order valence-electron chi connectivity index (χ4n) is 2.90. The van der Waals surface area contributed by atoms with Gasteiger partial charge in [0.1, 0.15) is 9.90 Å². The van der Waals surface area contributed by atoms with Crippen LogP contribution in [0.1, 0.15) is 40.6 Å². The topological polar surface area (TPSA) is 72.5 Å². The van der Waals surface area contributed by atoms with E-state index in [1.807, 2.05) is 0 Å². The van der Waals surface area contributed by atoms with E-state index in [9.17, 15) is 13.2 Å². The monoisotopic (exact) mass is 399 g/mol. The highest BCUT2D eigenvalue weighted by molar-refractivity contribution is 7.93. The second kappa shape index (κ2) is 7.35. The number of ether oxygens (including phenoxy) is 1. The number of carbonyl (C=O) groups excluding carboxylic acids is 1. The number of fused-ring (bicyclic) bond motifs is 1. The third-order valence-electron chi connectivity index (χ3n) is 4.00. The van der Waals surface area contributed by atoms with E-state index in [-0.39, 0.29) is 16.5 Å². The lowest BCUT2D eigenvalue weighted by molar-refractivity contribution is 0.0526. The minimum absolute atomic E-state index is 0.0159. The molecule has 1 aliphatic rings. The Kier molecular flexibility index (Phi) is 5.36. The van der Waals surface area contributed by atoms with Gasteiger partial charge in [0, 0.05) is 4.88 Å². The molecule has 0 saturated carbocycles. The summed E-state index contributed by atoms with van der Waals surface area (Å²) in [5.41, 5.74) is 1.25. The summed E-state index contributed by atoms with van der Waals surface area (Å²) in [5, 5.41) is 0.444. The predicted molar refractivity (Wildman–Crippen MR) is 99.2 cm³/mol. The number of hydrogen-bond acceptors (Lipinski definition) is 5. The lowest BCUT2D eigenvalue weighted by Gasteiger charge is -2.13. The van der Waals surface area contributed by atoms with E-state index in [0.717, 1.165) is 36.1 Å². The molecule has 134 valence electrons. The van der Waals surface area contributed by atoms with E-state index in [0.29, 0.717) is 10.6 Å². The van der Waals surface area contributed by atoms with Gasteiger partial charge in [-0.2, -0.15) is 0 Å². The summed E-state index contributed by atoms with van der Waals surface area (Å²) in [5.74, 6) is -0.487. The third kappa shape index (κ3) is 3.68. The summed E-state index contributed by atoms with van der Waals surface area (Å²) in [6, 6.07) is 6.21. The zero-order valence-electron chi connectivity index (χ0n) is 13.7. The number of sulfonamides is 1. The molecule has 1 aromatic heterocycles. The van der Waals surface area contributed by atoms with E-state index in [1.54, 1.807) is 19.1 Å². The molecule has 1 aromatic carbocycles. The first-order chi connectivity index (χ1) is 11.9. The highest BCUT2D eigenvalue weighted by Crippen LogP contribution is 2.39. The van der Waals surface area contributed by atoms with Crippen molar-refractivity contribution in [2.24, 2.45) is 0 Å². The minimum atomic E-state index is -3.89. The van der Waals surface area contributed by atoms with Crippen molar-refractivity contribution in [2.45, 2.75) is 37.5 Å². The van der Waals surface area contributed by atoms with Crippen molar-refractivity contribution in [3.8, 4) is 0 Å². The van der Waals surface area contributed by atoms with Gasteiger partial charge in [0.05, 0.1) is 17.2 Å². The predicted octanol–water partition coefficient (Wildman–Crippen LogP) is 4.26. The molecule has 25 heavy (non-hydrogen) atoms. The van der Waals surface area contributed by atoms with Crippen molar-refractivity contribution < 1.29 is 17.9 Å². The van der Waals surface area contributed by atoms with Crippen LogP contribution in [0.5, 0.6) is 0 Å². The van der Waals surface area contributed by atoms with E-state index < -0.39 is 16.0 Å². The number of rotatable bonds is 5. The molecule has 0 radical (unpaired) electrons. The maximum Gasteiger partial charge on any atom is 0.341 e. The van der Waals surface area contributed by atoms with Gasteiger partial charge >= 0.3 is 5.97 Å². The molecule has 0 atom stereocenters. The van der Waals surface area contributed by atoms with Crippen LogP contribution in [0.25, 0.3) is 0 Å². The Bertz CT molecular complexity index is 905. The second-order valence-electron chi connectivity index (χ2n) is 5.67. The average Bonchev–Trinajstić information content (AvgIpc) is 2.92. The first-order valence-corrected chi connectivity index (χ1v) is 10.7. The molecular formula is C17H18ClNO4S2. The number of aryl methyl sites for hydroxylation is 1. The summed E-state index contributed by atoms with van der Waals surface area (Å²) in [7, 11) is -3.89. The number of hydrogen-bond donors (Lipinski definition) is 1. The Hall–Kier alpha value is -1.57. The molecule has 0 saturated heterocycles. The van der Waals surface area contributed by atoms with E-state index in [1.165, 1.54) is 23.5 Å². The van der Waals surface area contributed by atoms with Gasteiger partial charge in [0.25, 0.3) is 10.0 Å². The molecule has 1 aliphatic carbocycles. The molecule has 0 unspecified atom stereocenters. The Morgan fingerprint density at radius 3 is 2.72 bits per heavy atom. The fraction of sp³-hybridized carbons (Fsp3) is 0.353. The van der Waals surface area contributed by atoms with Crippen molar-refractivity contribution in [1.82, 2.24) is 0 Å². The molecule has 2 aromatic rings. The molecule has 0 amide bonds. The second-order valence-corrected chi connectivity index (χ2v) is 8.83. The zero-order valence-corrected chi connectivity index (χ0v) is 16.1. The van der Waals surface area contributed by atoms with Crippen LogP contribution < -0.4 is 4.72 Å². The van der Waals surface area contributed by atoms with Gasteiger partial charge in [-0.1, -0.05) is 23.7 Å². The van der Waals surface area contributed by atoms with Gasteiger partial charge < -0.3 is 4.74 Å². The van der Waals surface area contributed by atoms with Crippen molar-refractivity contribution in [1.29, 1.82) is 0 Å². The standard InChI is InChI=1S/C17H18ClNO4S2/c1-2-23-17(20)15-11-7-3-5-9-13(11)24-16(15)19-25(21,22)14-10-6-4-8-12(14)18/h4,6,8,10,19H,2-3,5,7,9H2,1H3. The van der Waals surface area contributed by atoms with Crippen LogP contribution in [0.2, 0.25) is 5.02 Å². The van der Waals surface area contributed by atoms with Crippen LogP contribution in [-0.2, 0) is 27.6 Å². The highest BCUT2D eigenvalue weighted by atomic mass is 35.5. The first kappa shape index (κ1) is 18.2. The molecule has 5 nitrogen and oxygen atoms in total. The van der Waals surface area contributed by atoms with Gasteiger partial charge in [0.2, 0.25) is 0 Å². The zero-order chi connectivity index (χ0) is 18.0. The lowest BCUT2D eigenvalue weighted by atomic mass is 9.95. The molecule has 0 aliphatic heterocycles. The molecule has 1 heterocycles. The van der Waals surface area contributed by atoms with Gasteiger partial charge in [-0.25, -0.2) is 13.2 Å². The largest absolute Gasteiger partial charge is 0.462 e. The quantitative estimate of drug-likeness (QED) is 0.762. The molecule has 0 bridgehead atoms. The van der Waals surface area contributed by atoms with Crippen LogP contribution in [0.4, 0.5) is 5.00 Å². The van der Waals surface area contributed by atoms with Gasteiger partial charge in [-0.3, -0.25) is 4.72 Å². The average molecular weight is 400 g/mol. The summed E-state index contributed by atoms with van der Waals surface area (Å²) in [6.07, 6.45) is 3.62. The summed E-state index contributed by atoms with van der Waals surface area (Å²) >= 11 is 7.33. The fourth-order valence-corrected chi connectivity index (χ4v) is 6.00. The Morgan fingerprint density at radius 2 is 2.00 bits per heavy atom. The highest BCUT2D eigenvalue weighted by Gasteiger charge is 2.29. The van der Waals surface area contributed by atoms with Crippen molar-refractivity contribution in [3.63, 3.8) is 0 Å². The molecule has 0 spiro atoms. The van der Waals surface area contributed by atoms with Crippen LogP contribution in [0.3, 0.4) is 0 Å². The number of carbonyl (C=O) groups is 1. The summed E-state index contributed by atoms with van der Waals surface area (Å²) < 4.78 is 33.1. The summed E-state index contributed by atoms with van der Waals surface area (Å²) in [4.78, 5) is 13.4. The van der Waals surface area contributed by atoms with Gasteiger partial charge in [-0.15, -0.1) is 11.3 Å². The van der Waals surface area contributed by atoms with Crippen LogP contribution >= 0.6 is 22.9 Å². The molecule has 3 rings (SSSR count). The number of halogens is 1. The SMILES string of the molecule is CCOC(=O)c1c(NS(=O)(=O)c2ccccc2Cl)sc2c1CCCC2.